The van der Waals surface area contributed by atoms with Gasteiger partial charge in [0, 0.05) is 0 Å². The van der Waals surface area contributed by atoms with Gasteiger partial charge in [0.05, 0.1) is 0 Å². The molecule has 0 atom stereocenters. The third-order valence-electron chi connectivity index (χ3n) is 2.54. The van der Waals surface area contributed by atoms with E-state index in [0.717, 1.165) is 12.8 Å². The molecule has 0 saturated carbocycles. The van der Waals surface area contributed by atoms with Crippen LogP contribution in [0.3, 0.4) is 0 Å². The Bertz CT molecular complexity index is 193. The van der Waals surface area contributed by atoms with Gasteiger partial charge in [0.15, 0.2) is 0 Å². The maximum absolute atomic E-state index is 3.58. The van der Waals surface area contributed by atoms with Crippen LogP contribution in [0, 0.1) is 12.2 Å². The minimum absolute atomic E-state index is 0. The predicted molar refractivity (Wildman–Crippen MR) is 73.1 cm³/mol. The Kier molecular flexibility index (Phi) is 23.0. The molecule has 2 heteroatoms. The third-order valence-corrected chi connectivity index (χ3v) is 2.54. The standard InChI is InChI=1S/C16H28.2Cu/c1-5-9-13-15(11-7-3)16(12-8-4)14-10-6-2;;/h5-12H2,1-4H3;;/q-2;2*+1. The summed E-state index contributed by atoms with van der Waals surface area (Å²) in [6.07, 6.45) is 16.5. The van der Waals surface area contributed by atoms with Crippen molar-refractivity contribution in [1.29, 1.82) is 0 Å². The van der Waals surface area contributed by atoms with Crippen molar-refractivity contribution in [1.82, 2.24) is 0 Å². The fourth-order valence-electron chi connectivity index (χ4n) is 1.74. The SMILES string of the molecule is CCC[C-]=C(CCC)C(=[C-]CCC)CCC.[Cu+].[Cu+]. The van der Waals surface area contributed by atoms with E-state index in [-0.39, 0.29) is 34.1 Å². The van der Waals surface area contributed by atoms with Crippen molar-refractivity contribution in [2.45, 2.75) is 79.1 Å². The van der Waals surface area contributed by atoms with Crippen LogP contribution in [0.5, 0.6) is 0 Å². The first kappa shape index (κ1) is 23.6. The second-order valence-electron chi connectivity index (χ2n) is 4.31. The molecular weight excluding hydrogens is 319 g/mol. The van der Waals surface area contributed by atoms with E-state index in [1.165, 1.54) is 49.7 Å². The maximum atomic E-state index is 3.58. The van der Waals surface area contributed by atoms with Crippen molar-refractivity contribution in [3.8, 4) is 0 Å². The predicted octanol–water partition coefficient (Wildman–Crippen LogP) is 5.64. The van der Waals surface area contributed by atoms with Crippen LogP contribution in [-0.2, 0) is 34.1 Å². The van der Waals surface area contributed by atoms with Crippen LogP contribution in [0.1, 0.15) is 79.1 Å². The molecule has 0 aromatic heterocycles. The fraction of sp³-hybridized carbons (Fsp3) is 0.750. The van der Waals surface area contributed by atoms with Gasteiger partial charge in [-0.25, -0.2) is 0 Å². The molecule has 0 bridgehead atoms. The van der Waals surface area contributed by atoms with Crippen LogP contribution in [0.15, 0.2) is 11.1 Å². The van der Waals surface area contributed by atoms with Crippen molar-refractivity contribution in [2.75, 3.05) is 0 Å². The van der Waals surface area contributed by atoms with Gasteiger partial charge in [-0.05, 0) is 0 Å². The molecule has 0 nitrogen and oxygen atoms in total. The normalized spacial score (nSPS) is 11.8. The molecule has 18 heavy (non-hydrogen) atoms. The summed E-state index contributed by atoms with van der Waals surface area (Å²) in [4.78, 5) is 0. The second kappa shape index (κ2) is 17.5. The number of hydrogen-bond donors (Lipinski definition) is 0. The van der Waals surface area contributed by atoms with Gasteiger partial charge in [-0.15, -0.1) is 25.7 Å². The molecule has 0 radical (unpaired) electrons. The van der Waals surface area contributed by atoms with Crippen LogP contribution < -0.4 is 0 Å². The van der Waals surface area contributed by atoms with Gasteiger partial charge in [0.2, 0.25) is 0 Å². The van der Waals surface area contributed by atoms with Crippen molar-refractivity contribution in [3.63, 3.8) is 0 Å². The third kappa shape index (κ3) is 11.6. The average molecular weight is 347 g/mol. The summed E-state index contributed by atoms with van der Waals surface area (Å²) in [5.41, 5.74) is 2.89. The zero-order chi connectivity index (χ0) is 12.2. The quantitative estimate of drug-likeness (QED) is 0.288. The molecule has 0 fully saturated rings. The summed E-state index contributed by atoms with van der Waals surface area (Å²) in [7, 11) is 0. The molecule has 0 unspecified atom stereocenters. The first-order valence-electron chi connectivity index (χ1n) is 6.99. The summed E-state index contributed by atoms with van der Waals surface area (Å²) >= 11 is 0. The Hall–Kier alpha value is 0.519. The monoisotopic (exact) mass is 346 g/mol. The number of unbranched alkanes of at least 4 members (excludes halogenated alkanes) is 2. The van der Waals surface area contributed by atoms with Crippen LogP contribution >= 0.6 is 0 Å². The maximum Gasteiger partial charge on any atom is 1.00 e. The van der Waals surface area contributed by atoms with Gasteiger partial charge in [-0.1, -0.05) is 53.4 Å². The van der Waals surface area contributed by atoms with Crippen LogP contribution in [-0.4, -0.2) is 0 Å². The molecule has 0 heterocycles. The molecule has 0 spiro atoms. The molecule has 0 saturated heterocycles. The van der Waals surface area contributed by atoms with Crippen molar-refractivity contribution in [3.05, 3.63) is 23.3 Å². The van der Waals surface area contributed by atoms with E-state index in [9.17, 15) is 0 Å². The molecule has 0 aromatic rings. The van der Waals surface area contributed by atoms with Crippen molar-refractivity contribution >= 4 is 0 Å². The first-order valence-corrected chi connectivity index (χ1v) is 6.99. The molecular formula is C16H28Cu2. The summed E-state index contributed by atoms with van der Waals surface area (Å²) in [6, 6.07) is 0. The fourth-order valence-corrected chi connectivity index (χ4v) is 1.74. The molecule has 0 aliphatic rings. The van der Waals surface area contributed by atoms with E-state index in [1.807, 2.05) is 0 Å². The van der Waals surface area contributed by atoms with Crippen LogP contribution in [0.4, 0.5) is 0 Å². The first-order chi connectivity index (χ1) is 7.79. The Morgan fingerprint density at radius 2 is 0.944 bits per heavy atom. The van der Waals surface area contributed by atoms with Crippen LogP contribution in [0.2, 0.25) is 0 Å². The topological polar surface area (TPSA) is 0 Å². The van der Waals surface area contributed by atoms with Crippen LogP contribution in [0.25, 0.3) is 0 Å². The molecule has 0 N–H and O–H groups in total. The summed E-state index contributed by atoms with van der Waals surface area (Å²) in [5, 5.41) is 0. The van der Waals surface area contributed by atoms with E-state index in [1.54, 1.807) is 0 Å². The zero-order valence-corrected chi connectivity index (χ0v) is 14.1. The number of hydrogen-bond acceptors (Lipinski definition) is 0. The average Bonchev–Trinajstić information content (AvgIpc) is 2.30. The second-order valence-corrected chi connectivity index (χ2v) is 4.31. The summed E-state index contributed by atoms with van der Waals surface area (Å²) in [6.45, 7) is 8.93. The van der Waals surface area contributed by atoms with E-state index in [4.69, 9.17) is 0 Å². The van der Waals surface area contributed by atoms with Gasteiger partial charge in [-0.2, -0.15) is 0 Å². The Morgan fingerprint density at radius 3 is 1.17 bits per heavy atom. The molecule has 0 aliphatic heterocycles. The molecule has 114 valence electrons. The summed E-state index contributed by atoms with van der Waals surface area (Å²) < 4.78 is 0. The van der Waals surface area contributed by atoms with E-state index in [2.05, 4.69) is 39.8 Å². The molecule has 0 amide bonds. The number of rotatable bonds is 9. The molecule has 0 aliphatic carbocycles. The van der Waals surface area contributed by atoms with Crippen molar-refractivity contribution < 1.29 is 34.1 Å². The Labute approximate surface area is 136 Å². The molecule has 0 aromatic carbocycles. The van der Waals surface area contributed by atoms with E-state index < -0.39 is 0 Å². The van der Waals surface area contributed by atoms with Gasteiger partial charge in [0.25, 0.3) is 0 Å². The van der Waals surface area contributed by atoms with Gasteiger partial charge < -0.3 is 23.3 Å². The van der Waals surface area contributed by atoms with E-state index in [0.29, 0.717) is 0 Å². The van der Waals surface area contributed by atoms with Crippen molar-refractivity contribution in [2.24, 2.45) is 0 Å². The minimum atomic E-state index is 0. The number of allylic oxidation sites excluding steroid dienone is 4. The summed E-state index contributed by atoms with van der Waals surface area (Å²) in [5.74, 6) is 0. The Balaban J connectivity index is -0.00000112. The minimum Gasteiger partial charge on any atom is -0.373 e. The smallest absolute Gasteiger partial charge is 0.373 e. The Morgan fingerprint density at radius 1 is 0.611 bits per heavy atom. The van der Waals surface area contributed by atoms with E-state index >= 15 is 0 Å². The van der Waals surface area contributed by atoms with Gasteiger partial charge in [-0.3, -0.25) is 0 Å². The zero-order valence-electron chi connectivity index (χ0n) is 12.3. The molecule has 0 rings (SSSR count). The van der Waals surface area contributed by atoms with Gasteiger partial charge >= 0.3 is 34.1 Å². The van der Waals surface area contributed by atoms with Gasteiger partial charge in [0.1, 0.15) is 0 Å². The largest absolute Gasteiger partial charge is 1.00 e.